The van der Waals surface area contributed by atoms with Crippen LogP contribution in [0.4, 0.5) is 0 Å². The molecule has 1 rings (SSSR count). The number of aliphatic hydroxyl groups excluding tert-OH is 3. The van der Waals surface area contributed by atoms with Gasteiger partial charge in [0.1, 0.15) is 6.10 Å². The van der Waals surface area contributed by atoms with Gasteiger partial charge in [0.2, 0.25) is 0 Å². The Kier molecular flexibility index (Phi) is 6.71. The highest BCUT2D eigenvalue weighted by Crippen LogP contribution is 1.79. The lowest BCUT2D eigenvalue weighted by Gasteiger charge is -1.96. The third-order valence-electron chi connectivity index (χ3n) is 0.847. The van der Waals surface area contributed by atoms with Gasteiger partial charge in [-0.1, -0.05) is 0 Å². The van der Waals surface area contributed by atoms with Crippen molar-refractivity contribution in [2.45, 2.75) is 6.10 Å². The summed E-state index contributed by atoms with van der Waals surface area (Å²) in [6.45, 7) is -0.729. The maximum absolute atomic E-state index is 8.17. The van der Waals surface area contributed by atoms with E-state index in [-0.39, 0.29) is 13.2 Å². The Labute approximate surface area is 64.7 Å². The van der Waals surface area contributed by atoms with E-state index in [9.17, 15) is 0 Å². The molecule has 1 heterocycles. The second-order valence-corrected chi connectivity index (χ2v) is 1.81. The molecule has 0 radical (unpaired) electrons. The molecular weight excluding hydrogens is 148 g/mol. The lowest BCUT2D eigenvalue weighted by atomic mass is 10.4. The molecule has 3 N–H and O–H groups in total. The maximum atomic E-state index is 8.17. The van der Waals surface area contributed by atoms with Crippen LogP contribution < -0.4 is 0 Å². The summed E-state index contributed by atoms with van der Waals surface area (Å²) >= 11 is 0. The van der Waals surface area contributed by atoms with E-state index in [4.69, 9.17) is 15.3 Å². The Morgan fingerprint density at radius 1 is 1.09 bits per heavy atom. The van der Waals surface area contributed by atoms with Gasteiger partial charge in [-0.2, -0.15) is 0 Å². The van der Waals surface area contributed by atoms with Crippen LogP contribution in [0.5, 0.6) is 0 Å². The van der Waals surface area contributed by atoms with E-state index >= 15 is 0 Å². The van der Waals surface area contributed by atoms with E-state index < -0.39 is 6.10 Å². The zero-order valence-electron chi connectivity index (χ0n) is 6.05. The Bertz CT molecular complexity index is 117. The highest BCUT2D eigenvalue weighted by molar-refractivity contribution is 4.79. The summed E-state index contributed by atoms with van der Waals surface area (Å²) in [6.07, 6.45) is 2.30. The van der Waals surface area contributed by atoms with Gasteiger partial charge in [0.25, 0.3) is 0 Å². The van der Waals surface area contributed by atoms with Crippen LogP contribution in [0.3, 0.4) is 0 Å². The molecule has 0 aromatic carbocycles. The van der Waals surface area contributed by atoms with Gasteiger partial charge in [0, 0.05) is 0 Å². The summed E-state index contributed by atoms with van der Waals surface area (Å²) in [5, 5.41) is 24.0. The van der Waals surface area contributed by atoms with Crippen LogP contribution in [-0.2, 0) is 0 Å². The molecule has 0 aliphatic rings. The first-order valence-corrected chi connectivity index (χ1v) is 3.18. The van der Waals surface area contributed by atoms with Crippen LogP contribution in [0.15, 0.2) is 29.1 Å². The minimum atomic E-state index is -0.954. The summed E-state index contributed by atoms with van der Waals surface area (Å²) in [5.74, 6) is 0. The Morgan fingerprint density at radius 3 is 1.64 bits per heavy atom. The third-order valence-corrected chi connectivity index (χ3v) is 0.847. The van der Waals surface area contributed by atoms with Gasteiger partial charge < -0.3 is 19.7 Å². The first-order chi connectivity index (χ1) is 5.31. The van der Waals surface area contributed by atoms with E-state index in [1.54, 1.807) is 12.5 Å². The van der Waals surface area contributed by atoms with Crippen molar-refractivity contribution in [3.63, 3.8) is 0 Å². The first kappa shape index (κ1) is 10.2. The van der Waals surface area contributed by atoms with Gasteiger partial charge in [0.05, 0.1) is 25.7 Å². The van der Waals surface area contributed by atoms with E-state index in [1.165, 1.54) is 0 Å². The van der Waals surface area contributed by atoms with Gasteiger partial charge in [-0.25, -0.2) is 0 Å². The molecule has 4 heteroatoms. The highest BCUT2D eigenvalue weighted by atomic mass is 16.3. The molecule has 0 aliphatic heterocycles. The molecule has 0 unspecified atom stereocenters. The molecule has 0 aliphatic carbocycles. The monoisotopic (exact) mass is 160 g/mol. The summed E-state index contributed by atoms with van der Waals surface area (Å²) < 4.78 is 4.58. The predicted octanol–water partition coefficient (Wildman–Crippen LogP) is -0.389. The van der Waals surface area contributed by atoms with Gasteiger partial charge in [0.15, 0.2) is 0 Å². The Hall–Kier alpha value is -0.840. The van der Waals surface area contributed by atoms with Crippen molar-refractivity contribution in [1.29, 1.82) is 0 Å². The Balaban J connectivity index is 0.000000183. The lowest BCUT2D eigenvalue weighted by Crippen LogP contribution is -2.15. The van der Waals surface area contributed by atoms with E-state index in [2.05, 4.69) is 4.42 Å². The van der Waals surface area contributed by atoms with Crippen LogP contribution in [-0.4, -0.2) is 34.6 Å². The molecule has 1 aromatic rings. The van der Waals surface area contributed by atoms with Crippen LogP contribution in [0.1, 0.15) is 0 Å². The van der Waals surface area contributed by atoms with E-state index in [0.717, 1.165) is 0 Å². The maximum Gasteiger partial charge on any atom is 0.100 e. The molecule has 0 spiro atoms. The molecular formula is C7H12O4. The second kappa shape index (κ2) is 7.27. The number of hydrogen-bond acceptors (Lipinski definition) is 4. The molecule has 0 amide bonds. The smallest absolute Gasteiger partial charge is 0.100 e. The zero-order chi connectivity index (χ0) is 8.53. The topological polar surface area (TPSA) is 73.8 Å². The molecule has 0 bridgehead atoms. The van der Waals surface area contributed by atoms with Crippen LogP contribution >= 0.6 is 0 Å². The van der Waals surface area contributed by atoms with Crippen molar-refractivity contribution in [2.75, 3.05) is 13.2 Å². The van der Waals surface area contributed by atoms with Crippen LogP contribution in [0, 0.1) is 0 Å². The lowest BCUT2D eigenvalue weighted by molar-refractivity contribution is 0.0450. The minimum absolute atomic E-state index is 0.365. The fourth-order valence-electron chi connectivity index (χ4n) is 0.285. The summed E-state index contributed by atoms with van der Waals surface area (Å²) in [6, 6.07) is 3.67. The van der Waals surface area contributed by atoms with E-state index in [1.807, 2.05) is 12.1 Å². The molecule has 0 atom stereocenters. The molecule has 64 valence electrons. The number of hydrogen-bond donors (Lipinski definition) is 3. The van der Waals surface area contributed by atoms with Crippen molar-refractivity contribution in [3.8, 4) is 0 Å². The number of rotatable bonds is 2. The molecule has 0 fully saturated rings. The molecule has 0 saturated carbocycles. The van der Waals surface area contributed by atoms with Crippen molar-refractivity contribution >= 4 is 0 Å². The van der Waals surface area contributed by atoms with Gasteiger partial charge in [-0.15, -0.1) is 0 Å². The summed E-state index contributed by atoms with van der Waals surface area (Å²) in [5.41, 5.74) is 0. The first-order valence-electron chi connectivity index (χ1n) is 3.18. The summed E-state index contributed by atoms with van der Waals surface area (Å²) in [7, 11) is 0. The van der Waals surface area contributed by atoms with Gasteiger partial charge in [-0.05, 0) is 12.1 Å². The standard InChI is InChI=1S/C4H4O.C3H8O3/c1-2-4-5-3-1;4-1-3(6)2-5/h1-4H;3-6H,1-2H2. The highest BCUT2D eigenvalue weighted by Gasteiger charge is 1.93. The largest absolute Gasteiger partial charge is 0.473 e. The van der Waals surface area contributed by atoms with E-state index in [0.29, 0.717) is 0 Å². The molecule has 1 aromatic heterocycles. The average molecular weight is 160 g/mol. The molecule has 4 nitrogen and oxygen atoms in total. The molecule has 11 heavy (non-hydrogen) atoms. The minimum Gasteiger partial charge on any atom is -0.473 e. The van der Waals surface area contributed by atoms with Crippen molar-refractivity contribution in [1.82, 2.24) is 0 Å². The molecule has 0 saturated heterocycles. The van der Waals surface area contributed by atoms with Gasteiger partial charge in [-0.3, -0.25) is 0 Å². The Morgan fingerprint density at radius 2 is 1.55 bits per heavy atom. The fourth-order valence-corrected chi connectivity index (χ4v) is 0.285. The number of aliphatic hydroxyl groups is 3. The van der Waals surface area contributed by atoms with Gasteiger partial charge >= 0.3 is 0 Å². The normalized spacial score (nSPS) is 9.09. The number of furan rings is 1. The average Bonchev–Trinajstić information content (AvgIpc) is 2.60. The van der Waals surface area contributed by atoms with Crippen LogP contribution in [0.25, 0.3) is 0 Å². The fraction of sp³-hybridized carbons (Fsp3) is 0.429. The quantitative estimate of drug-likeness (QED) is 0.551. The predicted molar refractivity (Wildman–Crippen MR) is 38.9 cm³/mol. The SMILES string of the molecule is OCC(O)CO.c1ccoc1. The van der Waals surface area contributed by atoms with Crippen LogP contribution in [0.2, 0.25) is 0 Å². The van der Waals surface area contributed by atoms with Crippen molar-refractivity contribution in [3.05, 3.63) is 24.7 Å². The zero-order valence-corrected chi connectivity index (χ0v) is 6.05. The van der Waals surface area contributed by atoms with Crippen molar-refractivity contribution in [2.24, 2.45) is 0 Å². The summed E-state index contributed by atoms with van der Waals surface area (Å²) in [4.78, 5) is 0. The second-order valence-electron chi connectivity index (χ2n) is 1.81. The third kappa shape index (κ3) is 7.05. The van der Waals surface area contributed by atoms with Crippen molar-refractivity contribution < 1.29 is 19.7 Å².